The van der Waals surface area contributed by atoms with Gasteiger partial charge in [0.15, 0.2) is 0 Å². The molecule has 0 saturated carbocycles. The fraction of sp³-hybridized carbons (Fsp3) is 0.150. The molecule has 0 saturated heterocycles. The highest BCUT2D eigenvalue weighted by Crippen LogP contribution is 2.40. The lowest BCUT2D eigenvalue weighted by Gasteiger charge is -2.24. The summed E-state index contributed by atoms with van der Waals surface area (Å²) in [7, 11) is 0. The van der Waals surface area contributed by atoms with Crippen LogP contribution in [0.15, 0.2) is 57.5 Å². The number of amides is 2. The number of halogens is 2. The lowest BCUT2D eigenvalue weighted by Crippen LogP contribution is -2.22. The van der Waals surface area contributed by atoms with Crippen LogP contribution in [0.2, 0.25) is 0 Å². The largest absolute Gasteiger partial charge is 0.506 e. The zero-order valence-corrected chi connectivity index (χ0v) is 18.8. The summed E-state index contributed by atoms with van der Waals surface area (Å²) >= 11 is 6.58. The molecule has 2 amide bonds. The number of aromatic hydroxyl groups is 1. The summed E-state index contributed by atoms with van der Waals surface area (Å²) in [6.07, 6.45) is 0.746. The van der Waals surface area contributed by atoms with Gasteiger partial charge < -0.3 is 9.84 Å². The van der Waals surface area contributed by atoms with Crippen molar-refractivity contribution in [2.24, 2.45) is 5.92 Å². The van der Waals surface area contributed by atoms with Crippen molar-refractivity contribution in [3.63, 3.8) is 0 Å². The summed E-state index contributed by atoms with van der Waals surface area (Å²) in [5.41, 5.74) is 2.64. The Balaban J connectivity index is 2.30. The van der Waals surface area contributed by atoms with Crippen LogP contribution in [0, 0.1) is 17.2 Å². The Kier molecular flexibility index (Phi) is 8.41. The molecule has 0 heterocycles. The van der Waals surface area contributed by atoms with E-state index in [1.54, 1.807) is 43.3 Å². The minimum Gasteiger partial charge on any atom is -0.506 e. The van der Waals surface area contributed by atoms with Gasteiger partial charge in [0.05, 0.1) is 16.1 Å². The molecule has 0 aliphatic carbocycles. The normalized spacial score (nSPS) is 12.6. The van der Waals surface area contributed by atoms with E-state index >= 15 is 0 Å². The van der Waals surface area contributed by atoms with Gasteiger partial charge in [-0.05, 0) is 52.3 Å². The maximum absolute atomic E-state index is 12.5. The Morgan fingerprint density at radius 3 is 2.50 bits per heavy atom. The average Bonchev–Trinajstić information content (AvgIpc) is 2.73. The van der Waals surface area contributed by atoms with Crippen molar-refractivity contribution in [1.29, 1.82) is 5.26 Å². The molecule has 10 heteroatoms. The van der Waals surface area contributed by atoms with Crippen molar-refractivity contribution >= 4 is 49.5 Å². The van der Waals surface area contributed by atoms with E-state index in [4.69, 9.17) is 15.2 Å². The van der Waals surface area contributed by atoms with Crippen molar-refractivity contribution in [2.45, 2.75) is 13.0 Å². The third-order valence-electron chi connectivity index (χ3n) is 4.00. The zero-order chi connectivity index (χ0) is 22.3. The molecule has 2 aromatic rings. The van der Waals surface area contributed by atoms with Gasteiger partial charge in [-0.3, -0.25) is 15.3 Å². The topological polar surface area (TPSA) is 132 Å². The Morgan fingerprint density at radius 2 is 1.90 bits per heavy atom. The number of carbonyl (C=O) groups is 2. The molecule has 0 aromatic heterocycles. The monoisotopic (exact) mass is 537 g/mol. The number of nitrogens with zero attached hydrogens (tertiary/aromatic N) is 1. The molecular weight excluding hydrogens is 522 g/mol. The number of phenolic OH excluding ortho intramolecular Hbond substituents is 1. The van der Waals surface area contributed by atoms with Crippen LogP contribution in [0.25, 0.3) is 0 Å². The Labute approximate surface area is 189 Å². The molecule has 0 radical (unpaired) electrons. The quantitative estimate of drug-likeness (QED) is 0.238. The number of hydrogen-bond donors (Lipinski definition) is 4. The zero-order valence-electron chi connectivity index (χ0n) is 15.6. The predicted molar refractivity (Wildman–Crippen MR) is 116 cm³/mol. The first-order chi connectivity index (χ1) is 14.2. The molecule has 2 aromatic carbocycles. The van der Waals surface area contributed by atoms with E-state index in [0.717, 1.165) is 6.08 Å². The molecule has 0 aliphatic heterocycles. The van der Waals surface area contributed by atoms with Crippen LogP contribution in [0.1, 0.15) is 24.2 Å². The van der Waals surface area contributed by atoms with Gasteiger partial charge in [0.1, 0.15) is 11.9 Å². The van der Waals surface area contributed by atoms with Crippen molar-refractivity contribution < 1.29 is 24.6 Å². The van der Waals surface area contributed by atoms with Gasteiger partial charge in [-0.25, -0.2) is 10.3 Å². The van der Waals surface area contributed by atoms with E-state index in [0.29, 0.717) is 25.8 Å². The van der Waals surface area contributed by atoms with Crippen LogP contribution >= 0.6 is 31.9 Å². The minimum atomic E-state index is -0.972. The molecule has 8 nitrogen and oxygen atoms in total. The molecule has 0 unspecified atom stereocenters. The van der Waals surface area contributed by atoms with Crippen molar-refractivity contribution in [2.75, 3.05) is 5.32 Å². The molecular formula is C20H17Br2N3O5. The lowest BCUT2D eigenvalue weighted by molar-refractivity contribution is -0.124. The van der Waals surface area contributed by atoms with E-state index in [1.165, 1.54) is 11.6 Å². The number of nitrogens with one attached hydrogen (secondary N) is 2. The third-order valence-corrected chi connectivity index (χ3v) is 5.06. The number of nitriles is 1. The number of hydrogen-bond acceptors (Lipinski definition) is 6. The smallest absolute Gasteiger partial charge is 0.412 e. The molecule has 0 bridgehead atoms. The maximum Gasteiger partial charge on any atom is 0.412 e. The third kappa shape index (κ3) is 6.32. The van der Waals surface area contributed by atoms with E-state index in [2.05, 4.69) is 37.2 Å². The minimum absolute atomic E-state index is 0.124. The van der Waals surface area contributed by atoms with Crippen LogP contribution in [0.4, 0.5) is 10.5 Å². The summed E-state index contributed by atoms with van der Waals surface area (Å²) in [5.74, 6) is -1.43. The first-order valence-electron chi connectivity index (χ1n) is 8.53. The number of benzene rings is 2. The summed E-state index contributed by atoms with van der Waals surface area (Å²) in [6, 6.07) is 11.4. The van der Waals surface area contributed by atoms with Crippen molar-refractivity contribution in [3.05, 3.63) is 68.6 Å². The van der Waals surface area contributed by atoms with Crippen LogP contribution in [-0.4, -0.2) is 22.3 Å². The Morgan fingerprint density at radius 1 is 1.23 bits per heavy atom. The highest BCUT2D eigenvalue weighted by atomic mass is 79.9. The second-order valence-electron chi connectivity index (χ2n) is 6.16. The first-order valence-corrected chi connectivity index (χ1v) is 10.1. The Hall–Kier alpha value is -2.87. The number of ether oxygens (including phenoxy) is 1. The van der Waals surface area contributed by atoms with Gasteiger partial charge in [0.2, 0.25) is 0 Å². The fourth-order valence-corrected chi connectivity index (χ4v) is 3.78. The van der Waals surface area contributed by atoms with Crippen molar-refractivity contribution in [3.8, 4) is 11.8 Å². The van der Waals surface area contributed by atoms with Crippen LogP contribution in [0.5, 0.6) is 5.75 Å². The molecule has 0 fully saturated rings. The maximum atomic E-state index is 12.5. The highest BCUT2D eigenvalue weighted by Gasteiger charge is 2.27. The van der Waals surface area contributed by atoms with E-state index in [-0.39, 0.29) is 5.75 Å². The summed E-state index contributed by atoms with van der Waals surface area (Å²) < 4.78 is 6.57. The van der Waals surface area contributed by atoms with Gasteiger partial charge in [-0.2, -0.15) is 5.26 Å². The molecule has 0 spiro atoms. The van der Waals surface area contributed by atoms with Gasteiger partial charge in [0, 0.05) is 27.7 Å². The lowest BCUT2D eigenvalue weighted by atomic mass is 9.96. The number of anilines is 1. The molecule has 4 N–H and O–H groups in total. The number of hydroxylamine groups is 1. The molecule has 156 valence electrons. The highest BCUT2D eigenvalue weighted by molar-refractivity contribution is 9.11. The first kappa shape index (κ1) is 23.4. The summed E-state index contributed by atoms with van der Waals surface area (Å²) in [4.78, 5) is 23.8. The van der Waals surface area contributed by atoms with E-state index < -0.39 is 24.0 Å². The SMILES string of the molecule is C[C@H](/C=C/C(=O)NO)[C@@H](OC(=O)Nc1ccc(C#N)cc1)c1cc(Br)cc(Br)c1O. The van der Waals surface area contributed by atoms with Gasteiger partial charge in [-0.1, -0.05) is 28.9 Å². The molecule has 0 aliphatic rings. The van der Waals surface area contributed by atoms with Crippen LogP contribution in [0.3, 0.4) is 0 Å². The molecule has 30 heavy (non-hydrogen) atoms. The van der Waals surface area contributed by atoms with Crippen molar-refractivity contribution in [1.82, 2.24) is 5.48 Å². The summed E-state index contributed by atoms with van der Waals surface area (Å²) in [5, 5.41) is 30.5. The van der Waals surface area contributed by atoms with E-state index in [1.807, 2.05) is 6.07 Å². The van der Waals surface area contributed by atoms with Gasteiger partial charge >= 0.3 is 6.09 Å². The number of phenols is 1. The second kappa shape index (κ2) is 10.8. The fourth-order valence-electron chi connectivity index (χ4n) is 2.52. The number of carbonyl (C=O) groups excluding carboxylic acids is 2. The van der Waals surface area contributed by atoms with Gasteiger partial charge in [0.25, 0.3) is 5.91 Å². The van der Waals surface area contributed by atoms with Crippen LogP contribution in [-0.2, 0) is 9.53 Å². The molecule has 2 rings (SSSR count). The summed E-state index contributed by atoms with van der Waals surface area (Å²) in [6.45, 7) is 1.68. The predicted octanol–water partition coefficient (Wildman–Crippen LogP) is 4.78. The standard InChI is InChI=1S/C20H17Br2N3O5/c1-11(2-7-17(26)25-29)19(15-8-13(21)9-16(22)18(15)27)30-20(28)24-14-5-3-12(10-23)4-6-14/h2-9,11,19,27,29H,1H3,(H,24,28)(H,25,26)/b7-2+/t11-,19-/m1/s1. The van der Waals surface area contributed by atoms with Crippen LogP contribution < -0.4 is 10.8 Å². The van der Waals surface area contributed by atoms with E-state index in [9.17, 15) is 14.7 Å². The van der Waals surface area contributed by atoms with Gasteiger partial charge in [-0.15, -0.1) is 0 Å². The number of rotatable bonds is 6. The second-order valence-corrected chi connectivity index (χ2v) is 7.93. The molecule has 2 atom stereocenters. The average molecular weight is 539 g/mol. The Bertz CT molecular complexity index is 1000.